The smallest absolute Gasteiger partial charge is 0.223 e. The van der Waals surface area contributed by atoms with Crippen molar-refractivity contribution in [3.8, 4) is 5.75 Å². The molecule has 5 heteroatoms. The number of methoxy groups -OCH3 is 1. The second kappa shape index (κ2) is 7.78. The van der Waals surface area contributed by atoms with Crippen molar-refractivity contribution >= 4 is 11.7 Å². The van der Waals surface area contributed by atoms with Crippen LogP contribution in [0.25, 0.3) is 0 Å². The second-order valence-electron chi connectivity index (χ2n) is 5.34. The van der Waals surface area contributed by atoms with E-state index in [0.717, 1.165) is 5.56 Å². The fourth-order valence-electron chi connectivity index (χ4n) is 2.22. The van der Waals surface area contributed by atoms with Crippen LogP contribution in [0.5, 0.6) is 5.75 Å². The number of amides is 1. The van der Waals surface area contributed by atoms with Gasteiger partial charge in [0, 0.05) is 19.5 Å². The van der Waals surface area contributed by atoms with Gasteiger partial charge in [-0.05, 0) is 31.7 Å². The van der Waals surface area contributed by atoms with Gasteiger partial charge < -0.3 is 10.1 Å². The predicted octanol–water partition coefficient (Wildman–Crippen LogP) is 1.50. The van der Waals surface area contributed by atoms with Crippen molar-refractivity contribution in [1.29, 1.82) is 0 Å². The molecular weight excluding hydrogens is 268 g/mol. The van der Waals surface area contributed by atoms with E-state index in [-0.39, 0.29) is 24.2 Å². The first-order valence-electron chi connectivity index (χ1n) is 6.97. The number of nitrogens with one attached hydrogen (secondary N) is 1. The van der Waals surface area contributed by atoms with Crippen molar-refractivity contribution < 1.29 is 14.3 Å². The summed E-state index contributed by atoms with van der Waals surface area (Å²) in [5.41, 5.74) is 1.62. The Labute approximate surface area is 126 Å². The second-order valence-corrected chi connectivity index (χ2v) is 5.34. The predicted molar refractivity (Wildman–Crippen MR) is 82.8 cm³/mol. The topological polar surface area (TPSA) is 58.6 Å². The van der Waals surface area contributed by atoms with Crippen molar-refractivity contribution in [3.05, 3.63) is 29.3 Å². The van der Waals surface area contributed by atoms with Crippen LogP contribution < -0.4 is 10.1 Å². The van der Waals surface area contributed by atoms with Crippen molar-refractivity contribution in [2.45, 2.75) is 13.8 Å². The van der Waals surface area contributed by atoms with Crippen LogP contribution in [-0.4, -0.2) is 50.9 Å². The van der Waals surface area contributed by atoms with Crippen LogP contribution in [0.2, 0.25) is 0 Å². The first kappa shape index (κ1) is 17.2. The molecule has 0 fully saturated rings. The summed E-state index contributed by atoms with van der Waals surface area (Å²) in [5.74, 6) is 0.390. The van der Waals surface area contributed by atoms with Crippen molar-refractivity contribution in [3.63, 3.8) is 0 Å². The minimum Gasteiger partial charge on any atom is -0.496 e. The van der Waals surface area contributed by atoms with Crippen LogP contribution in [0.15, 0.2) is 18.2 Å². The maximum absolute atomic E-state index is 12.3. The summed E-state index contributed by atoms with van der Waals surface area (Å²) in [6, 6.07) is 5.52. The lowest BCUT2D eigenvalue weighted by Gasteiger charge is -2.20. The zero-order valence-electron chi connectivity index (χ0n) is 13.4. The number of hydrogen-bond donors (Lipinski definition) is 1. The normalized spacial score (nSPS) is 12.1. The molecule has 1 rings (SSSR count). The van der Waals surface area contributed by atoms with Crippen LogP contribution >= 0.6 is 0 Å². The van der Waals surface area contributed by atoms with E-state index in [0.29, 0.717) is 17.9 Å². The summed E-state index contributed by atoms with van der Waals surface area (Å²) in [6.07, 6.45) is 0. The number of Topliss-reactive ketones (excluding diaryl/α,β-unsaturated/α-hetero) is 1. The third-order valence-electron chi connectivity index (χ3n) is 3.35. The summed E-state index contributed by atoms with van der Waals surface area (Å²) in [7, 11) is 5.00. The average molecular weight is 292 g/mol. The molecule has 0 spiro atoms. The lowest BCUT2D eigenvalue weighted by Crippen LogP contribution is -2.36. The molecule has 0 aromatic heterocycles. The van der Waals surface area contributed by atoms with Gasteiger partial charge in [-0.3, -0.25) is 14.5 Å². The SMILES string of the molecule is CNC(=O)C(C)CN(C)CC(=O)c1ccc(C)cc1OC. The summed E-state index contributed by atoms with van der Waals surface area (Å²) in [4.78, 5) is 25.7. The number of aryl methyl sites for hydroxylation is 1. The zero-order chi connectivity index (χ0) is 16.0. The van der Waals surface area contributed by atoms with E-state index in [9.17, 15) is 9.59 Å². The Bertz CT molecular complexity index is 514. The molecule has 0 saturated heterocycles. The summed E-state index contributed by atoms with van der Waals surface area (Å²) in [5, 5.41) is 2.61. The Morgan fingerprint density at radius 2 is 2.05 bits per heavy atom. The van der Waals surface area contributed by atoms with Crippen LogP contribution in [0.4, 0.5) is 0 Å². The van der Waals surface area contributed by atoms with E-state index in [2.05, 4.69) is 5.32 Å². The third-order valence-corrected chi connectivity index (χ3v) is 3.35. The van der Waals surface area contributed by atoms with Crippen LogP contribution in [0, 0.1) is 12.8 Å². The zero-order valence-corrected chi connectivity index (χ0v) is 13.4. The molecule has 1 aromatic rings. The maximum Gasteiger partial charge on any atom is 0.223 e. The third kappa shape index (κ3) is 4.86. The molecule has 0 aliphatic carbocycles. The largest absolute Gasteiger partial charge is 0.496 e. The standard InChI is InChI=1S/C16H24N2O3/c1-11-6-7-13(15(8-11)21-5)14(19)10-18(4)9-12(2)16(20)17-3/h6-8,12H,9-10H2,1-5H3,(H,17,20). The highest BCUT2D eigenvalue weighted by atomic mass is 16.5. The minimum absolute atomic E-state index is 0.0153. The molecule has 5 nitrogen and oxygen atoms in total. The number of ether oxygens (including phenoxy) is 1. The Morgan fingerprint density at radius 3 is 2.62 bits per heavy atom. The number of benzene rings is 1. The number of rotatable bonds is 7. The Hall–Kier alpha value is -1.88. The van der Waals surface area contributed by atoms with Gasteiger partial charge in [0.1, 0.15) is 5.75 Å². The molecule has 0 radical (unpaired) electrons. The number of carbonyl (C=O) groups is 2. The molecule has 0 heterocycles. The molecule has 116 valence electrons. The van der Waals surface area contributed by atoms with E-state index >= 15 is 0 Å². The van der Waals surface area contributed by atoms with Gasteiger partial charge in [0.05, 0.1) is 19.2 Å². The van der Waals surface area contributed by atoms with Crippen LogP contribution in [0.3, 0.4) is 0 Å². The summed E-state index contributed by atoms with van der Waals surface area (Å²) < 4.78 is 5.26. The van der Waals surface area contributed by atoms with E-state index in [1.807, 2.05) is 37.9 Å². The quantitative estimate of drug-likeness (QED) is 0.774. The Balaban J connectivity index is 2.70. The highest BCUT2D eigenvalue weighted by Gasteiger charge is 2.18. The highest BCUT2D eigenvalue weighted by Crippen LogP contribution is 2.20. The van der Waals surface area contributed by atoms with E-state index < -0.39 is 0 Å². The molecule has 1 aromatic carbocycles. The monoisotopic (exact) mass is 292 g/mol. The molecule has 21 heavy (non-hydrogen) atoms. The van der Waals surface area contributed by atoms with E-state index in [1.165, 1.54) is 0 Å². The number of hydrogen-bond acceptors (Lipinski definition) is 4. The maximum atomic E-state index is 12.3. The minimum atomic E-state index is -0.160. The van der Waals surface area contributed by atoms with E-state index in [4.69, 9.17) is 4.74 Å². The molecule has 0 aliphatic rings. The molecular formula is C16H24N2O3. The number of nitrogens with zero attached hydrogens (tertiary/aromatic N) is 1. The Kier molecular flexibility index (Phi) is 6.37. The fourth-order valence-corrected chi connectivity index (χ4v) is 2.22. The molecule has 0 aliphatic heterocycles. The van der Waals surface area contributed by atoms with Crippen LogP contribution in [0.1, 0.15) is 22.8 Å². The van der Waals surface area contributed by atoms with Gasteiger partial charge in [0.15, 0.2) is 5.78 Å². The molecule has 1 N–H and O–H groups in total. The number of likely N-dealkylation sites (N-methyl/N-ethyl adjacent to an activating group) is 1. The van der Waals surface area contributed by atoms with Gasteiger partial charge in [0.2, 0.25) is 5.91 Å². The molecule has 1 amide bonds. The molecule has 0 saturated carbocycles. The first-order valence-corrected chi connectivity index (χ1v) is 6.97. The lowest BCUT2D eigenvalue weighted by molar-refractivity contribution is -0.124. The van der Waals surface area contributed by atoms with Gasteiger partial charge in [0.25, 0.3) is 0 Å². The molecule has 1 unspecified atom stereocenters. The summed E-state index contributed by atoms with van der Waals surface area (Å²) >= 11 is 0. The first-order chi connectivity index (χ1) is 9.88. The van der Waals surface area contributed by atoms with Gasteiger partial charge in [-0.2, -0.15) is 0 Å². The van der Waals surface area contributed by atoms with E-state index in [1.54, 1.807) is 20.2 Å². The highest BCUT2D eigenvalue weighted by molar-refractivity contribution is 6.00. The van der Waals surface area contributed by atoms with Gasteiger partial charge in [-0.15, -0.1) is 0 Å². The van der Waals surface area contributed by atoms with Gasteiger partial charge in [-0.25, -0.2) is 0 Å². The fraction of sp³-hybridized carbons (Fsp3) is 0.500. The number of carbonyl (C=O) groups excluding carboxylic acids is 2. The van der Waals surface area contributed by atoms with Gasteiger partial charge in [-0.1, -0.05) is 13.0 Å². The Morgan fingerprint density at radius 1 is 1.38 bits per heavy atom. The van der Waals surface area contributed by atoms with Crippen molar-refractivity contribution in [1.82, 2.24) is 10.2 Å². The van der Waals surface area contributed by atoms with Gasteiger partial charge >= 0.3 is 0 Å². The number of ketones is 1. The summed E-state index contributed by atoms with van der Waals surface area (Å²) in [6.45, 7) is 4.57. The average Bonchev–Trinajstić information content (AvgIpc) is 2.45. The lowest BCUT2D eigenvalue weighted by atomic mass is 10.1. The van der Waals surface area contributed by atoms with Crippen molar-refractivity contribution in [2.24, 2.45) is 5.92 Å². The molecule has 0 bridgehead atoms. The molecule has 1 atom stereocenters. The van der Waals surface area contributed by atoms with Crippen LogP contribution in [-0.2, 0) is 4.79 Å². The van der Waals surface area contributed by atoms with Crippen molar-refractivity contribution in [2.75, 3.05) is 34.3 Å².